The Hall–Kier alpha value is -2.37. The standard InChI is InChI=1S/C15H12ClN3O2/c16-12-3-1-2-10(6-12)8-19-9-17-13-5-4-11(7-14(13)19)15(20)18-21/h1-7,9,21H,8H2,(H,18,20). The maximum atomic E-state index is 11.5. The molecular weight excluding hydrogens is 290 g/mol. The molecule has 1 aromatic heterocycles. The average Bonchev–Trinajstić information content (AvgIpc) is 2.89. The number of aromatic nitrogens is 2. The van der Waals surface area contributed by atoms with E-state index in [2.05, 4.69) is 4.98 Å². The minimum atomic E-state index is -0.549. The summed E-state index contributed by atoms with van der Waals surface area (Å²) in [6.07, 6.45) is 1.71. The van der Waals surface area contributed by atoms with E-state index in [-0.39, 0.29) is 0 Å². The van der Waals surface area contributed by atoms with Crippen LogP contribution in [-0.4, -0.2) is 20.7 Å². The monoisotopic (exact) mass is 301 g/mol. The number of benzene rings is 2. The second kappa shape index (κ2) is 5.55. The summed E-state index contributed by atoms with van der Waals surface area (Å²) in [6.45, 7) is 0.598. The van der Waals surface area contributed by atoms with Gasteiger partial charge in [0.15, 0.2) is 0 Å². The first-order chi connectivity index (χ1) is 10.2. The first kappa shape index (κ1) is 13.6. The summed E-state index contributed by atoms with van der Waals surface area (Å²) in [6, 6.07) is 12.6. The van der Waals surface area contributed by atoms with Crippen LogP contribution >= 0.6 is 11.6 Å². The Morgan fingerprint density at radius 1 is 1.29 bits per heavy atom. The van der Waals surface area contributed by atoms with E-state index in [9.17, 15) is 4.79 Å². The van der Waals surface area contributed by atoms with Crippen LogP contribution in [0.15, 0.2) is 48.8 Å². The molecule has 0 bridgehead atoms. The molecule has 5 nitrogen and oxygen atoms in total. The summed E-state index contributed by atoms with van der Waals surface area (Å²) in [4.78, 5) is 15.8. The maximum Gasteiger partial charge on any atom is 0.274 e. The summed E-state index contributed by atoms with van der Waals surface area (Å²) in [5.74, 6) is -0.549. The van der Waals surface area contributed by atoms with E-state index in [0.29, 0.717) is 17.1 Å². The van der Waals surface area contributed by atoms with Crippen LogP contribution < -0.4 is 5.48 Å². The summed E-state index contributed by atoms with van der Waals surface area (Å²) >= 11 is 5.98. The zero-order valence-corrected chi connectivity index (χ0v) is 11.7. The fourth-order valence-corrected chi connectivity index (χ4v) is 2.43. The zero-order valence-electron chi connectivity index (χ0n) is 11.0. The number of carbonyl (C=O) groups excluding carboxylic acids is 1. The number of fused-ring (bicyclic) bond motifs is 1. The molecule has 3 aromatic rings. The molecule has 0 saturated carbocycles. The molecule has 0 fully saturated rings. The summed E-state index contributed by atoms with van der Waals surface area (Å²) < 4.78 is 1.93. The van der Waals surface area contributed by atoms with E-state index in [4.69, 9.17) is 16.8 Å². The highest BCUT2D eigenvalue weighted by molar-refractivity contribution is 6.30. The van der Waals surface area contributed by atoms with Gasteiger partial charge >= 0.3 is 0 Å². The van der Waals surface area contributed by atoms with Gasteiger partial charge in [-0.15, -0.1) is 0 Å². The Morgan fingerprint density at radius 3 is 2.90 bits per heavy atom. The Balaban J connectivity index is 2.00. The van der Waals surface area contributed by atoms with E-state index in [1.165, 1.54) is 0 Å². The average molecular weight is 302 g/mol. The lowest BCUT2D eigenvalue weighted by Gasteiger charge is -2.06. The van der Waals surface area contributed by atoms with E-state index in [0.717, 1.165) is 16.6 Å². The molecule has 0 spiro atoms. The first-order valence-corrected chi connectivity index (χ1v) is 6.69. The molecule has 106 valence electrons. The molecular formula is C15H12ClN3O2. The second-order valence-electron chi connectivity index (χ2n) is 4.65. The van der Waals surface area contributed by atoms with Crippen LogP contribution in [0, 0.1) is 0 Å². The van der Waals surface area contributed by atoms with Crippen molar-refractivity contribution in [1.82, 2.24) is 15.0 Å². The topological polar surface area (TPSA) is 67.2 Å². The van der Waals surface area contributed by atoms with E-state index in [1.54, 1.807) is 30.0 Å². The number of nitrogens with zero attached hydrogens (tertiary/aromatic N) is 2. The summed E-state index contributed by atoms with van der Waals surface area (Å²) in [7, 11) is 0. The summed E-state index contributed by atoms with van der Waals surface area (Å²) in [5.41, 5.74) is 4.64. The van der Waals surface area contributed by atoms with Gasteiger partial charge in [0.2, 0.25) is 0 Å². The highest BCUT2D eigenvalue weighted by atomic mass is 35.5. The number of hydroxylamine groups is 1. The van der Waals surface area contributed by atoms with E-state index >= 15 is 0 Å². The fraction of sp³-hybridized carbons (Fsp3) is 0.0667. The highest BCUT2D eigenvalue weighted by Gasteiger charge is 2.09. The molecule has 0 aliphatic rings. The van der Waals surface area contributed by atoms with Gasteiger partial charge in [0.25, 0.3) is 5.91 Å². The van der Waals surface area contributed by atoms with Gasteiger partial charge in [0.1, 0.15) is 0 Å². The Labute approximate surface area is 125 Å². The smallest absolute Gasteiger partial charge is 0.274 e. The molecule has 21 heavy (non-hydrogen) atoms. The molecule has 0 atom stereocenters. The van der Waals surface area contributed by atoms with Crippen molar-refractivity contribution in [3.63, 3.8) is 0 Å². The Bertz CT molecular complexity index is 814. The number of halogens is 1. The minimum Gasteiger partial charge on any atom is -0.326 e. The van der Waals surface area contributed by atoms with Gasteiger partial charge in [-0.3, -0.25) is 10.0 Å². The molecule has 1 amide bonds. The molecule has 0 aliphatic carbocycles. The molecule has 0 radical (unpaired) electrons. The Kier molecular flexibility index (Phi) is 3.60. The predicted octanol–water partition coefficient (Wildman–Crippen LogP) is 2.86. The van der Waals surface area contributed by atoms with E-state index in [1.807, 2.05) is 28.8 Å². The lowest BCUT2D eigenvalue weighted by atomic mass is 10.2. The molecule has 0 unspecified atom stereocenters. The molecule has 0 aliphatic heterocycles. The number of carbonyl (C=O) groups is 1. The molecule has 2 N–H and O–H groups in total. The third kappa shape index (κ3) is 2.74. The lowest BCUT2D eigenvalue weighted by molar-refractivity contribution is 0.0706. The second-order valence-corrected chi connectivity index (χ2v) is 5.08. The molecule has 6 heteroatoms. The SMILES string of the molecule is O=C(NO)c1ccc2ncn(Cc3cccc(Cl)c3)c2c1. The maximum absolute atomic E-state index is 11.5. The van der Waals surface area contributed by atoms with Crippen LogP contribution in [0.2, 0.25) is 5.02 Å². The van der Waals surface area contributed by atoms with Gasteiger partial charge in [-0.25, -0.2) is 10.5 Å². The summed E-state index contributed by atoms with van der Waals surface area (Å²) in [5, 5.41) is 9.39. The van der Waals surface area contributed by atoms with Gasteiger partial charge in [0, 0.05) is 17.1 Å². The van der Waals surface area contributed by atoms with Crippen molar-refractivity contribution in [1.29, 1.82) is 0 Å². The molecule has 0 saturated heterocycles. The van der Waals surface area contributed by atoms with Crippen molar-refractivity contribution in [3.05, 3.63) is 64.9 Å². The van der Waals surface area contributed by atoms with Gasteiger partial charge < -0.3 is 4.57 Å². The zero-order chi connectivity index (χ0) is 14.8. The van der Waals surface area contributed by atoms with Crippen LogP contribution in [0.1, 0.15) is 15.9 Å². The molecule has 3 rings (SSSR count). The van der Waals surface area contributed by atoms with Crippen molar-refractivity contribution in [2.24, 2.45) is 0 Å². The third-order valence-electron chi connectivity index (χ3n) is 3.23. The van der Waals surface area contributed by atoms with E-state index < -0.39 is 5.91 Å². The van der Waals surface area contributed by atoms with Gasteiger partial charge in [-0.2, -0.15) is 0 Å². The number of hydrogen-bond donors (Lipinski definition) is 2. The highest BCUT2D eigenvalue weighted by Crippen LogP contribution is 2.18. The lowest BCUT2D eigenvalue weighted by Crippen LogP contribution is -2.18. The predicted molar refractivity (Wildman–Crippen MR) is 79.5 cm³/mol. The number of nitrogens with one attached hydrogen (secondary N) is 1. The number of imidazole rings is 1. The minimum absolute atomic E-state index is 0.373. The normalized spacial score (nSPS) is 10.8. The Morgan fingerprint density at radius 2 is 2.14 bits per heavy atom. The van der Waals surface area contributed by atoms with Crippen LogP contribution in [0.4, 0.5) is 0 Å². The van der Waals surface area contributed by atoms with Crippen LogP contribution in [-0.2, 0) is 6.54 Å². The fourth-order valence-electron chi connectivity index (χ4n) is 2.22. The van der Waals surface area contributed by atoms with Gasteiger partial charge in [0.05, 0.1) is 17.4 Å². The van der Waals surface area contributed by atoms with Crippen molar-refractivity contribution >= 4 is 28.5 Å². The number of rotatable bonds is 3. The molecule has 1 heterocycles. The largest absolute Gasteiger partial charge is 0.326 e. The van der Waals surface area contributed by atoms with Crippen LogP contribution in [0.25, 0.3) is 11.0 Å². The first-order valence-electron chi connectivity index (χ1n) is 6.31. The number of hydrogen-bond acceptors (Lipinski definition) is 3. The van der Waals surface area contributed by atoms with Crippen LogP contribution in [0.5, 0.6) is 0 Å². The number of amides is 1. The van der Waals surface area contributed by atoms with Gasteiger partial charge in [-0.1, -0.05) is 23.7 Å². The molecule has 2 aromatic carbocycles. The third-order valence-corrected chi connectivity index (χ3v) is 3.46. The quantitative estimate of drug-likeness (QED) is 0.577. The van der Waals surface area contributed by atoms with Crippen molar-refractivity contribution in [3.8, 4) is 0 Å². The van der Waals surface area contributed by atoms with Crippen molar-refractivity contribution < 1.29 is 10.0 Å². The van der Waals surface area contributed by atoms with Gasteiger partial charge in [-0.05, 0) is 35.9 Å². The van der Waals surface area contributed by atoms with Crippen molar-refractivity contribution in [2.45, 2.75) is 6.54 Å². The van der Waals surface area contributed by atoms with Crippen molar-refractivity contribution in [2.75, 3.05) is 0 Å². The van der Waals surface area contributed by atoms with Crippen LogP contribution in [0.3, 0.4) is 0 Å².